The third-order valence-corrected chi connectivity index (χ3v) is 12.1. The second-order valence-electron chi connectivity index (χ2n) is 8.95. The molecule has 2 heterocycles. The number of benzene rings is 1. The molecule has 2 saturated heterocycles. The van der Waals surface area contributed by atoms with E-state index in [4.69, 9.17) is 9.16 Å². The highest BCUT2D eigenvalue weighted by Crippen LogP contribution is 2.45. The van der Waals surface area contributed by atoms with Gasteiger partial charge in [0, 0.05) is 18.1 Å². The number of carbonyl (C=O) groups is 3. The van der Waals surface area contributed by atoms with Gasteiger partial charge in [-0.25, -0.2) is 4.79 Å². The quantitative estimate of drug-likeness (QED) is 0.127. The summed E-state index contributed by atoms with van der Waals surface area (Å²) >= 11 is 0. The maximum Gasteiger partial charge on any atom is 0.337 e. The number of nitro groups is 1. The molecule has 2 aliphatic heterocycles. The number of esters is 1. The van der Waals surface area contributed by atoms with Crippen LogP contribution in [0.1, 0.15) is 40.2 Å². The Balaban J connectivity index is 1.68. The van der Waals surface area contributed by atoms with Crippen LogP contribution < -0.4 is 0 Å². The van der Waals surface area contributed by atoms with E-state index in [-0.39, 0.29) is 36.1 Å². The van der Waals surface area contributed by atoms with Crippen molar-refractivity contribution in [2.75, 3.05) is 0 Å². The number of β-lactam (4-membered cyclic amide) rings is 1. The van der Waals surface area contributed by atoms with Gasteiger partial charge in [0.2, 0.25) is 5.91 Å². The zero-order chi connectivity index (χ0) is 24.5. The lowest BCUT2D eigenvalue weighted by Crippen LogP contribution is -2.67. The topological polar surface area (TPSA) is 116 Å². The van der Waals surface area contributed by atoms with Crippen molar-refractivity contribution in [2.45, 2.75) is 77.5 Å². The van der Waals surface area contributed by atoms with Crippen molar-refractivity contribution in [1.82, 2.24) is 4.90 Å². The highest BCUT2D eigenvalue weighted by Gasteiger charge is 2.65. The first kappa shape index (κ1) is 25.0. The van der Waals surface area contributed by atoms with Crippen LogP contribution >= 0.6 is 0 Å². The molecule has 0 bridgehead atoms. The minimum absolute atomic E-state index is 0.0671. The lowest BCUT2D eigenvalue weighted by Gasteiger charge is -2.49. The van der Waals surface area contributed by atoms with Gasteiger partial charge in [-0.2, -0.15) is 0 Å². The predicted octanol–water partition coefficient (Wildman–Crippen LogP) is 3.46. The molecule has 0 aromatic heterocycles. The summed E-state index contributed by atoms with van der Waals surface area (Å²) in [6.07, 6.45) is -0.310. The average molecular weight is 477 g/mol. The second kappa shape index (κ2) is 9.72. The number of nitro benzene ring substituents is 1. The number of non-ortho nitro benzene ring substituents is 1. The van der Waals surface area contributed by atoms with E-state index in [1.807, 2.05) is 6.92 Å². The van der Waals surface area contributed by atoms with Gasteiger partial charge in [0.05, 0.1) is 23.0 Å². The molecule has 5 atom stereocenters. The van der Waals surface area contributed by atoms with Crippen LogP contribution in [0.25, 0.3) is 0 Å². The number of Topliss-reactive ketones (excluding diaryl/α,β-unsaturated/α-hetero) is 1. The SMILES string of the molecule is CC[Si](CC)(CC)O[C@H](C)[C@H]1C(=O)N2C(C(=O)OCc3ccc([N+](=O)[O-])cc3)C(=O)[C@H](C)[C@H]12. The van der Waals surface area contributed by atoms with Crippen LogP contribution in [0.3, 0.4) is 0 Å². The highest BCUT2D eigenvalue weighted by atomic mass is 28.4. The number of ketones is 1. The van der Waals surface area contributed by atoms with Gasteiger partial charge in [0.15, 0.2) is 20.1 Å². The molecule has 1 aromatic rings. The van der Waals surface area contributed by atoms with Crippen molar-refractivity contribution < 1.29 is 28.5 Å². The molecule has 1 amide bonds. The lowest BCUT2D eigenvalue weighted by molar-refractivity contribution is -0.384. The zero-order valence-electron chi connectivity index (χ0n) is 19.8. The molecule has 1 unspecified atom stereocenters. The Morgan fingerprint density at radius 3 is 2.24 bits per heavy atom. The summed E-state index contributed by atoms with van der Waals surface area (Å²) in [6.45, 7) is 9.89. The first-order chi connectivity index (χ1) is 15.6. The maximum atomic E-state index is 13.1. The molecule has 0 aliphatic carbocycles. The molecule has 9 nitrogen and oxygen atoms in total. The van der Waals surface area contributed by atoms with Gasteiger partial charge in [-0.3, -0.25) is 19.7 Å². The van der Waals surface area contributed by atoms with Crippen LogP contribution in [0.2, 0.25) is 18.1 Å². The van der Waals surface area contributed by atoms with Gasteiger partial charge in [0.1, 0.15) is 6.61 Å². The van der Waals surface area contributed by atoms with E-state index < -0.39 is 37.1 Å². The van der Waals surface area contributed by atoms with Crippen LogP contribution in [0, 0.1) is 22.0 Å². The summed E-state index contributed by atoms with van der Waals surface area (Å²) in [7, 11) is -1.93. The summed E-state index contributed by atoms with van der Waals surface area (Å²) in [4.78, 5) is 50.3. The molecule has 180 valence electrons. The Kier molecular flexibility index (Phi) is 7.38. The third kappa shape index (κ3) is 4.46. The summed E-state index contributed by atoms with van der Waals surface area (Å²) in [5.41, 5.74) is 0.487. The third-order valence-electron chi connectivity index (χ3n) is 7.36. The molecule has 0 radical (unpaired) electrons. The average Bonchev–Trinajstić information content (AvgIpc) is 3.03. The van der Waals surface area contributed by atoms with E-state index in [0.717, 1.165) is 18.1 Å². The summed E-state index contributed by atoms with van der Waals surface area (Å²) in [5.74, 6) is -2.24. The van der Waals surface area contributed by atoms with Crippen molar-refractivity contribution in [2.24, 2.45) is 11.8 Å². The van der Waals surface area contributed by atoms with Crippen molar-refractivity contribution >= 4 is 31.7 Å². The molecule has 10 heteroatoms. The van der Waals surface area contributed by atoms with Crippen molar-refractivity contribution in [3.05, 3.63) is 39.9 Å². The summed E-state index contributed by atoms with van der Waals surface area (Å²) < 4.78 is 11.8. The van der Waals surface area contributed by atoms with Crippen molar-refractivity contribution in [1.29, 1.82) is 0 Å². The van der Waals surface area contributed by atoms with Gasteiger partial charge >= 0.3 is 5.97 Å². The van der Waals surface area contributed by atoms with Gasteiger partial charge in [-0.1, -0.05) is 27.7 Å². The van der Waals surface area contributed by atoms with Crippen LogP contribution in [-0.2, 0) is 30.2 Å². The van der Waals surface area contributed by atoms with E-state index in [2.05, 4.69) is 20.8 Å². The Morgan fingerprint density at radius 1 is 1.15 bits per heavy atom. The number of ether oxygens (including phenoxy) is 1. The van der Waals surface area contributed by atoms with E-state index in [1.54, 1.807) is 6.92 Å². The number of amides is 1. The molecule has 2 fully saturated rings. The number of hydrogen-bond donors (Lipinski definition) is 0. The first-order valence-electron chi connectivity index (χ1n) is 11.5. The molecule has 2 aliphatic rings. The number of rotatable bonds is 10. The molecule has 1 aromatic carbocycles. The second-order valence-corrected chi connectivity index (χ2v) is 13.7. The van der Waals surface area contributed by atoms with Crippen LogP contribution in [-0.4, -0.2) is 54.0 Å². The summed E-state index contributed by atoms with van der Waals surface area (Å²) in [5, 5.41) is 10.8. The number of nitrogens with zero attached hydrogens (tertiary/aromatic N) is 2. The first-order valence-corrected chi connectivity index (χ1v) is 14.1. The smallest absolute Gasteiger partial charge is 0.337 e. The highest BCUT2D eigenvalue weighted by molar-refractivity contribution is 6.73. The van der Waals surface area contributed by atoms with Gasteiger partial charge in [0.25, 0.3) is 5.69 Å². The Morgan fingerprint density at radius 2 is 1.73 bits per heavy atom. The minimum Gasteiger partial charge on any atom is -0.459 e. The fraction of sp³-hybridized carbons (Fsp3) is 0.609. The molecular weight excluding hydrogens is 444 g/mol. The molecule has 0 spiro atoms. The largest absolute Gasteiger partial charge is 0.459 e. The normalized spacial score (nSPS) is 25.4. The monoisotopic (exact) mass is 476 g/mol. The van der Waals surface area contributed by atoms with Crippen LogP contribution in [0.4, 0.5) is 5.69 Å². The maximum absolute atomic E-state index is 13.1. The minimum atomic E-state index is -1.93. The van der Waals surface area contributed by atoms with E-state index in [1.165, 1.54) is 29.2 Å². The van der Waals surface area contributed by atoms with Gasteiger partial charge in [-0.15, -0.1) is 0 Å². The molecular formula is C23H32N2O7Si. The molecule has 0 N–H and O–H groups in total. The molecule has 0 saturated carbocycles. The Labute approximate surface area is 194 Å². The number of hydrogen-bond acceptors (Lipinski definition) is 7. The van der Waals surface area contributed by atoms with E-state index in [9.17, 15) is 24.5 Å². The Hall–Kier alpha value is -2.59. The molecule has 33 heavy (non-hydrogen) atoms. The van der Waals surface area contributed by atoms with Gasteiger partial charge < -0.3 is 14.1 Å². The molecule has 3 rings (SSSR count). The van der Waals surface area contributed by atoms with E-state index in [0.29, 0.717) is 5.56 Å². The van der Waals surface area contributed by atoms with Gasteiger partial charge in [-0.05, 0) is 42.8 Å². The lowest BCUT2D eigenvalue weighted by atomic mass is 9.79. The van der Waals surface area contributed by atoms with Crippen molar-refractivity contribution in [3.8, 4) is 0 Å². The number of carbonyl (C=O) groups excluding carboxylic acids is 3. The zero-order valence-corrected chi connectivity index (χ0v) is 20.8. The standard InChI is InChI=1S/C23H32N2O7Si/c1-6-33(7-2,8-3)32-15(5)18-19-14(4)21(26)20(24(19)22(18)27)23(28)31-13-16-9-11-17(12-10-16)25(29)30/h9-12,14-15,18-20H,6-8,13H2,1-5H3/t14-,15-,18-,19-,20?/m1/s1. The van der Waals surface area contributed by atoms with Crippen molar-refractivity contribution in [3.63, 3.8) is 0 Å². The Bertz CT molecular complexity index is 923. The summed E-state index contributed by atoms with van der Waals surface area (Å²) in [6, 6.07) is 6.89. The fourth-order valence-corrected chi connectivity index (χ4v) is 8.02. The number of fused-ring (bicyclic) bond motifs is 1. The van der Waals surface area contributed by atoms with Crippen LogP contribution in [0.5, 0.6) is 0 Å². The predicted molar refractivity (Wildman–Crippen MR) is 123 cm³/mol. The van der Waals surface area contributed by atoms with E-state index >= 15 is 0 Å². The fourth-order valence-electron chi connectivity index (χ4n) is 5.08. The van der Waals surface area contributed by atoms with Crippen LogP contribution in [0.15, 0.2) is 24.3 Å².